The number of rotatable bonds is 5. The third-order valence-corrected chi connectivity index (χ3v) is 6.73. The molecule has 2 aliphatic carbocycles. The number of benzene rings is 1. The Bertz CT molecular complexity index is 516. The first-order chi connectivity index (χ1) is 10.7. The Morgan fingerprint density at radius 3 is 2.77 bits per heavy atom. The standard InChI is InChI=1S/C20H29NO/c1-2-3-9-20-13-16-10-17(14-20)18(19(12-16)21(20)22)11-15-7-5-4-6-8-15/h4-8,16-19,22H,2-3,9-14H2,1H3/t16-,17-,18+,19?,20?/m1/s1. The molecule has 2 saturated carbocycles. The van der Waals surface area contributed by atoms with Crippen LogP contribution in [0.3, 0.4) is 0 Å². The summed E-state index contributed by atoms with van der Waals surface area (Å²) in [4.78, 5) is 0. The van der Waals surface area contributed by atoms with E-state index in [9.17, 15) is 5.21 Å². The molecule has 0 radical (unpaired) electrons. The zero-order chi connectivity index (χ0) is 15.2. The predicted octanol–water partition coefficient (Wildman–Crippen LogP) is 4.67. The molecule has 4 bridgehead atoms. The molecule has 1 aromatic carbocycles. The Hall–Kier alpha value is -0.860. The maximum atomic E-state index is 11.0. The molecule has 2 heteroatoms. The van der Waals surface area contributed by atoms with E-state index >= 15 is 0 Å². The van der Waals surface area contributed by atoms with Crippen LogP contribution in [0.15, 0.2) is 30.3 Å². The van der Waals surface area contributed by atoms with E-state index in [0.717, 1.165) is 18.3 Å². The summed E-state index contributed by atoms with van der Waals surface area (Å²) < 4.78 is 0. The molecule has 4 aliphatic rings. The van der Waals surface area contributed by atoms with Crippen LogP contribution in [0.5, 0.6) is 0 Å². The zero-order valence-electron chi connectivity index (χ0n) is 13.7. The zero-order valence-corrected chi connectivity index (χ0v) is 13.7. The molecule has 0 aromatic heterocycles. The topological polar surface area (TPSA) is 23.5 Å². The third-order valence-electron chi connectivity index (χ3n) is 6.73. The molecule has 22 heavy (non-hydrogen) atoms. The van der Waals surface area contributed by atoms with Gasteiger partial charge in [0.15, 0.2) is 0 Å². The van der Waals surface area contributed by atoms with Crippen molar-refractivity contribution >= 4 is 0 Å². The molecule has 4 fully saturated rings. The van der Waals surface area contributed by atoms with Gasteiger partial charge in [0.2, 0.25) is 0 Å². The minimum absolute atomic E-state index is 0.125. The Labute approximate surface area is 134 Å². The van der Waals surface area contributed by atoms with E-state index in [1.807, 2.05) is 5.06 Å². The maximum absolute atomic E-state index is 11.0. The summed E-state index contributed by atoms with van der Waals surface area (Å²) >= 11 is 0. The molecule has 5 atom stereocenters. The van der Waals surface area contributed by atoms with Gasteiger partial charge in [-0.1, -0.05) is 50.1 Å². The van der Waals surface area contributed by atoms with Crippen molar-refractivity contribution in [2.45, 2.75) is 69.9 Å². The smallest absolute Gasteiger partial charge is 0.0469 e. The summed E-state index contributed by atoms with van der Waals surface area (Å²) in [6, 6.07) is 11.3. The lowest BCUT2D eigenvalue weighted by molar-refractivity contribution is -0.295. The third kappa shape index (κ3) is 2.32. The Kier molecular flexibility index (Phi) is 3.78. The Morgan fingerprint density at radius 2 is 2.00 bits per heavy atom. The van der Waals surface area contributed by atoms with Crippen LogP contribution in [0.2, 0.25) is 0 Å². The van der Waals surface area contributed by atoms with Crippen LogP contribution >= 0.6 is 0 Å². The molecule has 2 aliphatic heterocycles. The molecule has 0 spiro atoms. The lowest BCUT2D eigenvalue weighted by Gasteiger charge is -2.64. The SMILES string of the molecule is CCCCC12C[C@H]3CC([C@@H](Cc4ccccc4)[C@H](C3)C1)N2O. The lowest BCUT2D eigenvalue weighted by Crippen LogP contribution is -2.68. The van der Waals surface area contributed by atoms with Gasteiger partial charge in [0.25, 0.3) is 0 Å². The summed E-state index contributed by atoms with van der Waals surface area (Å²) in [6.45, 7) is 2.26. The van der Waals surface area contributed by atoms with Crippen molar-refractivity contribution in [1.82, 2.24) is 5.06 Å². The van der Waals surface area contributed by atoms with Crippen LogP contribution in [-0.2, 0) is 6.42 Å². The van der Waals surface area contributed by atoms with Gasteiger partial charge in [-0.25, -0.2) is 0 Å². The highest BCUT2D eigenvalue weighted by atomic mass is 16.5. The fourth-order valence-corrected chi connectivity index (χ4v) is 5.87. The van der Waals surface area contributed by atoms with Crippen molar-refractivity contribution in [1.29, 1.82) is 0 Å². The van der Waals surface area contributed by atoms with Crippen LogP contribution < -0.4 is 0 Å². The number of hydroxylamine groups is 2. The number of hydrogen-bond donors (Lipinski definition) is 1. The molecule has 1 aromatic rings. The first-order valence-corrected chi connectivity index (χ1v) is 9.24. The largest absolute Gasteiger partial charge is 0.313 e. The first-order valence-electron chi connectivity index (χ1n) is 9.24. The number of piperidine rings is 2. The average Bonchev–Trinajstić information content (AvgIpc) is 2.54. The molecule has 120 valence electrons. The molecule has 1 N–H and O–H groups in total. The highest BCUT2D eigenvalue weighted by Crippen LogP contribution is 2.58. The predicted molar refractivity (Wildman–Crippen MR) is 88.8 cm³/mol. The molecule has 2 heterocycles. The van der Waals surface area contributed by atoms with Gasteiger partial charge in [-0.15, -0.1) is 0 Å². The minimum atomic E-state index is 0.125. The minimum Gasteiger partial charge on any atom is -0.313 e. The van der Waals surface area contributed by atoms with Gasteiger partial charge in [-0.05, 0) is 61.8 Å². The highest BCUT2D eigenvalue weighted by Gasteiger charge is 2.58. The number of nitrogens with zero attached hydrogens (tertiary/aromatic N) is 1. The molecular weight excluding hydrogens is 270 g/mol. The van der Waals surface area contributed by atoms with Gasteiger partial charge in [-0.2, -0.15) is 5.06 Å². The monoisotopic (exact) mass is 299 g/mol. The molecule has 0 amide bonds. The quantitative estimate of drug-likeness (QED) is 0.854. The van der Waals surface area contributed by atoms with Crippen molar-refractivity contribution in [2.24, 2.45) is 17.8 Å². The Morgan fingerprint density at radius 1 is 1.18 bits per heavy atom. The molecule has 2 unspecified atom stereocenters. The number of unbranched alkanes of at least 4 members (excludes halogenated alkanes) is 1. The first kappa shape index (κ1) is 14.7. The molecule has 2 nitrogen and oxygen atoms in total. The van der Waals surface area contributed by atoms with Crippen LogP contribution in [0, 0.1) is 17.8 Å². The van der Waals surface area contributed by atoms with E-state index in [0.29, 0.717) is 12.0 Å². The van der Waals surface area contributed by atoms with E-state index < -0.39 is 0 Å². The van der Waals surface area contributed by atoms with Crippen molar-refractivity contribution < 1.29 is 5.21 Å². The van der Waals surface area contributed by atoms with Crippen molar-refractivity contribution in [3.63, 3.8) is 0 Å². The van der Waals surface area contributed by atoms with Gasteiger partial charge < -0.3 is 5.21 Å². The van der Waals surface area contributed by atoms with E-state index in [1.165, 1.54) is 50.5 Å². The number of hydrogen-bond acceptors (Lipinski definition) is 2. The van der Waals surface area contributed by atoms with E-state index in [1.54, 1.807) is 0 Å². The lowest BCUT2D eigenvalue weighted by atomic mass is 9.53. The van der Waals surface area contributed by atoms with E-state index in [4.69, 9.17) is 0 Å². The van der Waals surface area contributed by atoms with Gasteiger partial charge >= 0.3 is 0 Å². The second-order valence-corrected chi connectivity index (χ2v) is 8.10. The highest BCUT2D eigenvalue weighted by molar-refractivity contribution is 5.18. The molecular formula is C20H29NO. The fourth-order valence-electron chi connectivity index (χ4n) is 5.87. The van der Waals surface area contributed by atoms with Crippen LogP contribution in [-0.4, -0.2) is 21.9 Å². The normalized spacial score (nSPS) is 40.3. The molecule has 2 saturated heterocycles. The van der Waals surface area contributed by atoms with Gasteiger partial charge in [0.05, 0.1) is 0 Å². The van der Waals surface area contributed by atoms with Crippen LogP contribution in [0.25, 0.3) is 0 Å². The fraction of sp³-hybridized carbons (Fsp3) is 0.700. The van der Waals surface area contributed by atoms with E-state index in [-0.39, 0.29) is 5.54 Å². The van der Waals surface area contributed by atoms with Crippen molar-refractivity contribution in [3.8, 4) is 0 Å². The molecule has 5 rings (SSSR count). The second kappa shape index (κ2) is 5.65. The average molecular weight is 299 g/mol. The van der Waals surface area contributed by atoms with Gasteiger partial charge in [0, 0.05) is 11.6 Å². The van der Waals surface area contributed by atoms with Crippen LogP contribution in [0.4, 0.5) is 0 Å². The van der Waals surface area contributed by atoms with Crippen molar-refractivity contribution in [3.05, 3.63) is 35.9 Å². The van der Waals surface area contributed by atoms with Crippen molar-refractivity contribution in [2.75, 3.05) is 0 Å². The maximum Gasteiger partial charge on any atom is 0.0469 e. The van der Waals surface area contributed by atoms with E-state index in [2.05, 4.69) is 37.3 Å². The summed E-state index contributed by atoms with van der Waals surface area (Å²) in [7, 11) is 0. The second-order valence-electron chi connectivity index (χ2n) is 8.10. The van der Waals surface area contributed by atoms with Gasteiger partial charge in [-0.3, -0.25) is 0 Å². The summed E-state index contributed by atoms with van der Waals surface area (Å²) in [6.07, 6.45) is 9.94. The summed E-state index contributed by atoms with van der Waals surface area (Å²) in [5.74, 6) is 2.35. The summed E-state index contributed by atoms with van der Waals surface area (Å²) in [5, 5.41) is 12.8. The summed E-state index contributed by atoms with van der Waals surface area (Å²) in [5.41, 5.74) is 1.57. The van der Waals surface area contributed by atoms with Crippen LogP contribution in [0.1, 0.15) is 57.4 Å². The Balaban J connectivity index is 1.56. The van der Waals surface area contributed by atoms with Gasteiger partial charge in [0.1, 0.15) is 0 Å².